The maximum absolute atomic E-state index is 15.1. The molecule has 224 valence electrons. The smallest absolute Gasteiger partial charge is 0.177 e. The van der Waals surface area contributed by atoms with Gasteiger partial charge in [-0.05, 0) is 54.9 Å². The monoisotopic (exact) mass is 587 g/mol. The van der Waals surface area contributed by atoms with Crippen LogP contribution < -0.4 is 19.7 Å². The summed E-state index contributed by atoms with van der Waals surface area (Å²) >= 11 is 0. The molecule has 4 aromatic rings. The fraction of sp³-hybridized carbons (Fsp3) is 0.303. The van der Waals surface area contributed by atoms with Gasteiger partial charge in [-0.1, -0.05) is 13.5 Å². The van der Waals surface area contributed by atoms with E-state index in [0.717, 1.165) is 61.3 Å². The van der Waals surface area contributed by atoms with Gasteiger partial charge in [-0.3, -0.25) is 9.78 Å². The number of carbonyl (C=O) groups excluding carboxylic acids is 1. The number of allylic oxidation sites excluding steroid dienone is 1. The zero-order valence-electron chi connectivity index (χ0n) is 24.8. The van der Waals surface area contributed by atoms with Crippen molar-refractivity contribution in [3.63, 3.8) is 0 Å². The number of methoxy groups -OCH3 is 2. The SMILES string of the molecule is C=CC(=O)Cc1cc(N2CCN(CC)CC2)cc(C)c1Nc1cc2cnc(-c3c(F)c(OC)cc(OC)c3F)cc2cn1. The molecule has 1 saturated heterocycles. The number of aryl methyl sites for hydroxylation is 1. The number of piperazine rings is 1. The highest BCUT2D eigenvalue weighted by atomic mass is 19.1. The number of nitrogens with zero attached hydrogens (tertiary/aromatic N) is 4. The number of fused-ring (bicyclic) bond motifs is 1. The first-order valence-corrected chi connectivity index (χ1v) is 14.2. The molecule has 0 aliphatic carbocycles. The van der Waals surface area contributed by atoms with E-state index < -0.39 is 11.6 Å². The number of anilines is 3. The molecule has 1 aliphatic rings. The van der Waals surface area contributed by atoms with Crippen molar-refractivity contribution in [2.75, 3.05) is 57.2 Å². The average molecular weight is 588 g/mol. The molecule has 8 nitrogen and oxygen atoms in total. The number of nitrogens with one attached hydrogen (secondary N) is 1. The van der Waals surface area contributed by atoms with Crippen molar-refractivity contribution in [1.29, 1.82) is 0 Å². The number of likely N-dealkylation sites (N-methyl/N-ethyl adjacent to an activating group) is 1. The van der Waals surface area contributed by atoms with E-state index in [1.165, 1.54) is 26.5 Å². The number of rotatable bonds is 10. The maximum atomic E-state index is 15.1. The van der Waals surface area contributed by atoms with E-state index >= 15 is 8.78 Å². The molecule has 0 saturated carbocycles. The van der Waals surface area contributed by atoms with Gasteiger partial charge < -0.3 is 24.6 Å². The highest BCUT2D eigenvalue weighted by Gasteiger charge is 2.23. The third-order valence-electron chi connectivity index (χ3n) is 7.87. The standard InChI is InChI=1S/C33H35F2N5O3/c1-6-25(41)14-21-13-24(40-10-8-39(7-2)9-11-40)12-20(3)33(21)38-29-16-23-18-36-26(15-22(23)19-37-29)30-31(34)27(42-4)17-28(43-5)32(30)35/h6,12-13,15-19H,1,7-11,14H2,2-5H3,(H,37,38). The first-order valence-electron chi connectivity index (χ1n) is 14.2. The van der Waals surface area contributed by atoms with Crippen LogP contribution in [0.5, 0.6) is 11.5 Å². The van der Waals surface area contributed by atoms with Gasteiger partial charge in [-0.15, -0.1) is 0 Å². The number of hydrogen-bond donors (Lipinski definition) is 1. The van der Waals surface area contributed by atoms with E-state index in [1.54, 1.807) is 18.3 Å². The summed E-state index contributed by atoms with van der Waals surface area (Å²) in [5.74, 6) is -1.57. The maximum Gasteiger partial charge on any atom is 0.177 e. The molecule has 0 amide bonds. The van der Waals surface area contributed by atoms with Gasteiger partial charge in [0.15, 0.2) is 28.9 Å². The lowest BCUT2D eigenvalue weighted by Gasteiger charge is -2.36. The molecule has 0 bridgehead atoms. The van der Waals surface area contributed by atoms with Crippen molar-refractivity contribution in [3.05, 3.63) is 78.1 Å². The molecule has 0 atom stereocenters. The van der Waals surface area contributed by atoms with Crippen molar-refractivity contribution in [2.45, 2.75) is 20.3 Å². The normalized spacial score (nSPS) is 13.7. The molecule has 2 aromatic heterocycles. The first-order chi connectivity index (χ1) is 20.8. The highest BCUT2D eigenvalue weighted by Crippen LogP contribution is 2.38. The van der Waals surface area contributed by atoms with Crippen molar-refractivity contribution in [2.24, 2.45) is 0 Å². The van der Waals surface area contributed by atoms with Crippen LogP contribution in [0.25, 0.3) is 22.0 Å². The Morgan fingerprint density at radius 3 is 2.26 bits per heavy atom. The number of hydrogen-bond acceptors (Lipinski definition) is 8. The first kappa shape index (κ1) is 29.9. The van der Waals surface area contributed by atoms with E-state index in [-0.39, 0.29) is 35.0 Å². The molecule has 10 heteroatoms. The quantitative estimate of drug-likeness (QED) is 0.224. The minimum absolute atomic E-state index is 0.0766. The summed E-state index contributed by atoms with van der Waals surface area (Å²) in [5.41, 5.74) is 3.46. The second kappa shape index (κ2) is 12.7. The second-order valence-electron chi connectivity index (χ2n) is 10.5. The summed E-state index contributed by atoms with van der Waals surface area (Å²) in [6.07, 6.45) is 4.69. The number of pyridine rings is 2. The molecule has 3 heterocycles. The molecule has 1 aliphatic heterocycles. The minimum Gasteiger partial charge on any atom is -0.494 e. The van der Waals surface area contributed by atoms with Crippen LogP contribution in [0.3, 0.4) is 0 Å². The Morgan fingerprint density at radius 2 is 1.63 bits per heavy atom. The number of halogens is 2. The van der Waals surface area contributed by atoms with Gasteiger partial charge in [0.05, 0.1) is 25.5 Å². The third-order valence-corrected chi connectivity index (χ3v) is 7.87. The third kappa shape index (κ3) is 6.15. The Labute approximate surface area is 250 Å². The van der Waals surface area contributed by atoms with Crippen LogP contribution in [0, 0.1) is 18.6 Å². The number of carbonyl (C=O) groups is 1. The van der Waals surface area contributed by atoms with Crippen LogP contribution in [0.2, 0.25) is 0 Å². The summed E-state index contributed by atoms with van der Waals surface area (Å²) in [4.78, 5) is 26.1. The van der Waals surface area contributed by atoms with Crippen molar-refractivity contribution < 1.29 is 23.0 Å². The molecule has 43 heavy (non-hydrogen) atoms. The van der Waals surface area contributed by atoms with Gasteiger partial charge in [-0.2, -0.15) is 0 Å². The fourth-order valence-electron chi connectivity index (χ4n) is 5.40. The molecule has 5 rings (SSSR count). The topological polar surface area (TPSA) is 79.8 Å². The van der Waals surface area contributed by atoms with Crippen LogP contribution in [0.4, 0.5) is 26.0 Å². The Morgan fingerprint density at radius 1 is 0.977 bits per heavy atom. The Hall–Kier alpha value is -4.57. The predicted molar refractivity (Wildman–Crippen MR) is 166 cm³/mol. The summed E-state index contributed by atoms with van der Waals surface area (Å²) in [5, 5.41) is 4.75. The average Bonchev–Trinajstić information content (AvgIpc) is 3.02. The van der Waals surface area contributed by atoms with Crippen molar-refractivity contribution in [3.8, 4) is 22.8 Å². The Kier molecular flexibility index (Phi) is 8.86. The van der Waals surface area contributed by atoms with Gasteiger partial charge in [0.1, 0.15) is 5.82 Å². The van der Waals surface area contributed by atoms with Crippen molar-refractivity contribution >= 4 is 33.7 Å². The molecule has 0 unspecified atom stereocenters. The van der Waals surface area contributed by atoms with E-state index in [9.17, 15) is 4.79 Å². The van der Waals surface area contributed by atoms with E-state index in [0.29, 0.717) is 16.6 Å². The van der Waals surface area contributed by atoms with E-state index in [1.807, 2.05) is 6.92 Å². The molecule has 2 aromatic carbocycles. The zero-order valence-corrected chi connectivity index (χ0v) is 24.8. The largest absolute Gasteiger partial charge is 0.494 e. The number of ether oxygens (including phenoxy) is 2. The summed E-state index contributed by atoms with van der Waals surface area (Å²) in [7, 11) is 2.60. The lowest BCUT2D eigenvalue weighted by atomic mass is 10.0. The minimum atomic E-state index is -0.869. The molecular weight excluding hydrogens is 552 g/mol. The highest BCUT2D eigenvalue weighted by molar-refractivity contribution is 5.93. The van der Waals surface area contributed by atoms with Crippen LogP contribution in [0.1, 0.15) is 18.1 Å². The lowest BCUT2D eigenvalue weighted by molar-refractivity contribution is -0.114. The Bertz CT molecular complexity index is 1660. The van der Waals surface area contributed by atoms with Gasteiger partial charge in [-0.25, -0.2) is 13.8 Å². The summed E-state index contributed by atoms with van der Waals surface area (Å²) in [6, 6.07) is 8.73. The van der Waals surface area contributed by atoms with Crippen LogP contribution in [0.15, 0.2) is 55.4 Å². The zero-order chi connectivity index (χ0) is 30.7. The Balaban J connectivity index is 1.47. The molecule has 0 spiro atoms. The van der Waals surface area contributed by atoms with Crippen LogP contribution >= 0.6 is 0 Å². The number of ketones is 1. The molecular formula is C33H35F2N5O3. The molecule has 1 fully saturated rings. The van der Waals surface area contributed by atoms with Gasteiger partial charge in [0, 0.05) is 73.2 Å². The van der Waals surface area contributed by atoms with Gasteiger partial charge in [0.25, 0.3) is 0 Å². The van der Waals surface area contributed by atoms with Gasteiger partial charge in [0.2, 0.25) is 0 Å². The predicted octanol–water partition coefficient (Wildman–Crippen LogP) is 6.08. The second-order valence-corrected chi connectivity index (χ2v) is 10.5. The van der Waals surface area contributed by atoms with Crippen LogP contribution in [-0.2, 0) is 11.2 Å². The molecule has 0 radical (unpaired) electrons. The number of aromatic nitrogens is 2. The van der Waals surface area contributed by atoms with Gasteiger partial charge >= 0.3 is 0 Å². The number of benzene rings is 2. The fourth-order valence-corrected chi connectivity index (χ4v) is 5.40. The lowest BCUT2D eigenvalue weighted by Crippen LogP contribution is -2.46. The molecule has 1 N–H and O–H groups in total. The van der Waals surface area contributed by atoms with E-state index in [4.69, 9.17) is 9.47 Å². The summed E-state index contributed by atoms with van der Waals surface area (Å²) in [6.45, 7) is 12.7. The van der Waals surface area contributed by atoms with Crippen molar-refractivity contribution in [1.82, 2.24) is 14.9 Å². The van der Waals surface area contributed by atoms with E-state index in [2.05, 4.69) is 50.7 Å². The van der Waals surface area contributed by atoms with Crippen LogP contribution in [-0.4, -0.2) is 67.6 Å². The summed E-state index contributed by atoms with van der Waals surface area (Å²) < 4.78 is 40.3.